The molecule has 3 rings (SSSR count). The van der Waals surface area contributed by atoms with Crippen LogP contribution in [0.2, 0.25) is 5.02 Å². The van der Waals surface area contributed by atoms with E-state index in [1.54, 1.807) is 20.8 Å². The van der Waals surface area contributed by atoms with E-state index < -0.39 is 35.1 Å². The van der Waals surface area contributed by atoms with Gasteiger partial charge in [-0.1, -0.05) is 11.6 Å². The van der Waals surface area contributed by atoms with Crippen LogP contribution in [-0.2, 0) is 4.74 Å². The van der Waals surface area contributed by atoms with Crippen LogP contribution in [0.5, 0.6) is 17.2 Å². The Morgan fingerprint density at radius 2 is 1.80 bits per heavy atom. The summed E-state index contributed by atoms with van der Waals surface area (Å²) in [4.78, 5) is 16.1. The zero-order chi connectivity index (χ0) is 22.3. The molecule has 0 saturated heterocycles. The van der Waals surface area contributed by atoms with Gasteiger partial charge in [0.1, 0.15) is 22.9 Å². The van der Waals surface area contributed by atoms with E-state index in [1.807, 2.05) is 0 Å². The first kappa shape index (κ1) is 22.1. The minimum Gasteiger partial charge on any atom is -0.456 e. The van der Waals surface area contributed by atoms with Gasteiger partial charge in [0.15, 0.2) is 5.75 Å². The van der Waals surface area contributed by atoms with Gasteiger partial charge in [-0.05, 0) is 39.7 Å². The van der Waals surface area contributed by atoms with E-state index in [9.17, 15) is 22.4 Å². The van der Waals surface area contributed by atoms with E-state index in [2.05, 4.69) is 9.72 Å². The van der Waals surface area contributed by atoms with Crippen LogP contribution in [0.15, 0.2) is 24.4 Å². The highest BCUT2D eigenvalue weighted by Crippen LogP contribution is 2.45. The molecule has 30 heavy (non-hydrogen) atoms. The number of nitrogens with zero attached hydrogens (tertiary/aromatic N) is 1. The molecule has 0 aliphatic heterocycles. The number of rotatable bonds is 5. The van der Waals surface area contributed by atoms with E-state index in [4.69, 9.17) is 21.1 Å². The minimum atomic E-state index is -4.90. The Hall–Kier alpha value is -2.55. The normalized spacial score (nSPS) is 14.4. The fraction of sp³-hybridized carbons (Fsp3) is 0.400. The summed E-state index contributed by atoms with van der Waals surface area (Å²) >= 11 is 6.07. The lowest BCUT2D eigenvalue weighted by atomic mass is 10.1. The molecule has 162 valence electrons. The molecule has 1 aromatic carbocycles. The van der Waals surface area contributed by atoms with Crippen molar-refractivity contribution in [2.75, 3.05) is 0 Å². The molecule has 0 amide bonds. The van der Waals surface area contributed by atoms with Crippen LogP contribution in [0, 0.1) is 5.82 Å². The fourth-order valence-corrected chi connectivity index (χ4v) is 2.79. The lowest BCUT2D eigenvalue weighted by molar-refractivity contribution is -0.275. The first-order valence-electron chi connectivity index (χ1n) is 8.98. The van der Waals surface area contributed by atoms with Crippen molar-refractivity contribution in [1.29, 1.82) is 0 Å². The van der Waals surface area contributed by atoms with Crippen molar-refractivity contribution in [3.8, 4) is 17.2 Å². The number of esters is 1. The van der Waals surface area contributed by atoms with Gasteiger partial charge in [-0.15, -0.1) is 13.2 Å². The third-order valence-electron chi connectivity index (χ3n) is 3.91. The van der Waals surface area contributed by atoms with Gasteiger partial charge in [-0.3, -0.25) is 4.98 Å². The molecule has 1 aromatic heterocycles. The van der Waals surface area contributed by atoms with Crippen LogP contribution in [0.4, 0.5) is 17.6 Å². The smallest absolute Gasteiger partial charge is 0.456 e. The topological polar surface area (TPSA) is 57.7 Å². The highest BCUT2D eigenvalue weighted by atomic mass is 35.5. The van der Waals surface area contributed by atoms with Gasteiger partial charge in [-0.2, -0.15) is 0 Å². The molecule has 5 nitrogen and oxygen atoms in total. The molecule has 0 N–H and O–H groups in total. The fourth-order valence-electron chi connectivity index (χ4n) is 2.59. The monoisotopic (exact) mass is 447 g/mol. The number of halogens is 5. The molecule has 1 aliphatic rings. The number of carbonyl (C=O) groups excluding carboxylic acids is 1. The second-order valence-corrected chi connectivity index (χ2v) is 8.15. The number of pyridine rings is 1. The zero-order valence-corrected chi connectivity index (χ0v) is 17.0. The summed E-state index contributed by atoms with van der Waals surface area (Å²) < 4.78 is 67.1. The van der Waals surface area contributed by atoms with E-state index in [-0.39, 0.29) is 28.1 Å². The van der Waals surface area contributed by atoms with Gasteiger partial charge in [0, 0.05) is 18.1 Å². The molecule has 1 fully saturated rings. The Balaban J connectivity index is 1.86. The van der Waals surface area contributed by atoms with E-state index in [0.29, 0.717) is 12.8 Å². The summed E-state index contributed by atoms with van der Waals surface area (Å²) in [5, 5.41) is -0.137. The summed E-state index contributed by atoms with van der Waals surface area (Å²) in [5.41, 5.74) is -1.06. The molecule has 1 heterocycles. The van der Waals surface area contributed by atoms with Gasteiger partial charge in [0.2, 0.25) is 0 Å². The molecule has 10 heteroatoms. The lowest BCUT2D eigenvalue weighted by Gasteiger charge is -2.20. The van der Waals surface area contributed by atoms with E-state index in [0.717, 1.165) is 18.2 Å². The summed E-state index contributed by atoms with van der Waals surface area (Å²) in [7, 11) is 0. The predicted octanol–water partition coefficient (Wildman–Crippen LogP) is 6.40. The molecular formula is C20H18ClF4NO4. The quantitative estimate of drug-likeness (QED) is 0.392. The number of alkyl halides is 3. The third kappa shape index (κ3) is 5.75. The average Bonchev–Trinajstić information content (AvgIpc) is 3.40. The molecule has 2 aromatic rings. The van der Waals surface area contributed by atoms with Crippen LogP contribution in [-0.4, -0.2) is 22.9 Å². The standard InChI is InChI=1S/C20H18ClF4NO4/c1-19(2,3)30-18(27)12-7-13(21)15(8-14(12)22)28-11-6-16(29-20(23,24)25)17(26-9-11)10-4-5-10/h6-10H,4-5H2,1-3H3. The molecule has 0 atom stereocenters. The highest BCUT2D eigenvalue weighted by Gasteiger charge is 2.36. The lowest BCUT2D eigenvalue weighted by Crippen LogP contribution is -2.24. The van der Waals surface area contributed by atoms with Crippen LogP contribution < -0.4 is 9.47 Å². The Kier molecular flexibility index (Phi) is 5.86. The SMILES string of the molecule is CC(C)(C)OC(=O)c1cc(Cl)c(Oc2cnc(C3CC3)c(OC(F)(F)F)c2)cc1F. The van der Waals surface area contributed by atoms with E-state index >= 15 is 0 Å². The number of aromatic nitrogens is 1. The van der Waals surface area contributed by atoms with Crippen molar-refractivity contribution in [3.63, 3.8) is 0 Å². The molecule has 0 spiro atoms. The zero-order valence-electron chi connectivity index (χ0n) is 16.3. The molecule has 0 bridgehead atoms. The minimum absolute atomic E-state index is 0.106. The predicted molar refractivity (Wildman–Crippen MR) is 99.5 cm³/mol. The number of hydrogen-bond acceptors (Lipinski definition) is 5. The van der Waals surface area contributed by atoms with Gasteiger partial charge in [-0.25, -0.2) is 9.18 Å². The molecule has 0 radical (unpaired) electrons. The molecule has 1 aliphatic carbocycles. The highest BCUT2D eigenvalue weighted by molar-refractivity contribution is 6.32. The Morgan fingerprint density at radius 1 is 1.13 bits per heavy atom. The van der Waals surface area contributed by atoms with E-state index in [1.165, 1.54) is 6.20 Å². The Morgan fingerprint density at radius 3 is 2.37 bits per heavy atom. The Labute approximate surface area is 174 Å². The number of benzene rings is 1. The first-order chi connectivity index (χ1) is 13.8. The maximum absolute atomic E-state index is 14.4. The molecule has 1 saturated carbocycles. The van der Waals surface area contributed by atoms with Gasteiger partial charge in [0.05, 0.1) is 22.5 Å². The van der Waals surface area contributed by atoms with Gasteiger partial charge >= 0.3 is 12.3 Å². The van der Waals surface area contributed by atoms with Crippen LogP contribution in [0.3, 0.4) is 0 Å². The number of hydrogen-bond donors (Lipinski definition) is 0. The maximum Gasteiger partial charge on any atom is 0.573 e. The molecule has 0 unspecified atom stereocenters. The summed E-state index contributed by atoms with van der Waals surface area (Å²) in [6.45, 7) is 4.88. The van der Waals surface area contributed by atoms with Crippen molar-refractivity contribution in [2.45, 2.75) is 51.5 Å². The van der Waals surface area contributed by atoms with Crippen molar-refractivity contribution in [3.05, 3.63) is 46.5 Å². The Bertz CT molecular complexity index is 968. The third-order valence-corrected chi connectivity index (χ3v) is 4.21. The van der Waals surface area contributed by atoms with Crippen molar-refractivity contribution in [2.24, 2.45) is 0 Å². The summed E-state index contributed by atoms with van der Waals surface area (Å²) in [6, 6.07) is 2.89. The number of ether oxygens (including phenoxy) is 3. The largest absolute Gasteiger partial charge is 0.573 e. The van der Waals surface area contributed by atoms with Gasteiger partial charge < -0.3 is 14.2 Å². The van der Waals surface area contributed by atoms with Crippen LogP contribution in [0.25, 0.3) is 0 Å². The summed E-state index contributed by atoms with van der Waals surface area (Å²) in [5.74, 6) is -2.80. The van der Waals surface area contributed by atoms with Crippen LogP contribution in [0.1, 0.15) is 55.6 Å². The average molecular weight is 448 g/mol. The second-order valence-electron chi connectivity index (χ2n) is 7.74. The maximum atomic E-state index is 14.4. The summed E-state index contributed by atoms with van der Waals surface area (Å²) in [6.07, 6.45) is -2.27. The second kappa shape index (κ2) is 7.94. The van der Waals surface area contributed by atoms with Crippen molar-refractivity contribution >= 4 is 17.6 Å². The van der Waals surface area contributed by atoms with Crippen molar-refractivity contribution in [1.82, 2.24) is 4.98 Å². The van der Waals surface area contributed by atoms with Gasteiger partial charge in [0.25, 0.3) is 0 Å². The number of carbonyl (C=O) groups is 1. The molecular weight excluding hydrogens is 430 g/mol. The van der Waals surface area contributed by atoms with Crippen LogP contribution >= 0.6 is 11.6 Å². The van der Waals surface area contributed by atoms with Crippen molar-refractivity contribution < 1.29 is 36.6 Å². The first-order valence-corrected chi connectivity index (χ1v) is 9.36.